The van der Waals surface area contributed by atoms with Gasteiger partial charge in [-0.05, 0) is 55.2 Å². The van der Waals surface area contributed by atoms with E-state index in [-0.39, 0.29) is 17.4 Å². The summed E-state index contributed by atoms with van der Waals surface area (Å²) in [5.41, 5.74) is 4.15. The minimum atomic E-state index is -0.445. The van der Waals surface area contributed by atoms with Crippen LogP contribution in [-0.2, 0) is 4.79 Å². The Hall–Kier alpha value is -3.91. The first-order chi connectivity index (χ1) is 17.4. The molecular weight excluding hydrogens is 470 g/mol. The number of nitrogens with zero attached hydrogens (tertiary/aromatic N) is 4. The van der Waals surface area contributed by atoms with E-state index in [0.717, 1.165) is 22.5 Å². The second-order valence-electron chi connectivity index (χ2n) is 9.05. The third-order valence-electron chi connectivity index (χ3n) is 6.25. The molecule has 1 amide bonds. The van der Waals surface area contributed by atoms with Gasteiger partial charge in [0, 0.05) is 5.69 Å². The maximum atomic E-state index is 13.7. The molecule has 5 rings (SSSR count). The van der Waals surface area contributed by atoms with Crippen LogP contribution < -0.4 is 10.9 Å². The quantitative estimate of drug-likeness (QED) is 0.310. The molecule has 1 atom stereocenters. The van der Waals surface area contributed by atoms with Gasteiger partial charge < -0.3 is 5.32 Å². The predicted molar refractivity (Wildman–Crippen MR) is 145 cm³/mol. The number of anilines is 1. The van der Waals surface area contributed by atoms with Crippen molar-refractivity contribution in [3.05, 3.63) is 94.3 Å². The van der Waals surface area contributed by atoms with Crippen LogP contribution in [0.4, 0.5) is 5.69 Å². The number of para-hydroxylation sites is 3. The molecule has 1 N–H and O–H groups in total. The molecule has 36 heavy (non-hydrogen) atoms. The smallest absolute Gasteiger partial charge is 0.267 e. The number of nitrogens with one attached hydrogen (secondary N) is 1. The van der Waals surface area contributed by atoms with Crippen LogP contribution in [0.2, 0.25) is 0 Å². The lowest BCUT2D eigenvalue weighted by molar-refractivity contribution is -0.115. The van der Waals surface area contributed by atoms with Crippen molar-refractivity contribution >= 4 is 40.0 Å². The molecule has 0 saturated heterocycles. The van der Waals surface area contributed by atoms with Gasteiger partial charge in [0.05, 0.1) is 21.8 Å². The Balaban J connectivity index is 1.63. The third-order valence-corrected chi connectivity index (χ3v) is 7.29. The van der Waals surface area contributed by atoms with Crippen molar-refractivity contribution in [1.82, 2.24) is 19.2 Å². The Kier molecular flexibility index (Phi) is 6.36. The van der Waals surface area contributed by atoms with Gasteiger partial charge >= 0.3 is 0 Å². The number of aromatic nitrogens is 4. The van der Waals surface area contributed by atoms with Crippen LogP contribution in [0.1, 0.15) is 37.8 Å². The number of carbonyl (C=O) groups excluding carboxylic acids is 1. The first kappa shape index (κ1) is 23.8. The molecule has 0 aliphatic heterocycles. The highest BCUT2D eigenvalue weighted by Gasteiger charge is 2.23. The van der Waals surface area contributed by atoms with Crippen LogP contribution in [0, 0.1) is 6.92 Å². The number of amides is 1. The molecule has 5 aromatic rings. The molecular formula is C28H27N5O2S. The molecule has 0 bridgehead atoms. The van der Waals surface area contributed by atoms with Crippen LogP contribution >= 0.6 is 11.8 Å². The molecule has 0 aliphatic rings. The maximum absolute atomic E-state index is 13.7. The van der Waals surface area contributed by atoms with E-state index in [1.165, 1.54) is 11.8 Å². The molecule has 0 radical (unpaired) electrons. The van der Waals surface area contributed by atoms with Gasteiger partial charge in [-0.1, -0.05) is 74.1 Å². The number of rotatable bonds is 6. The number of thioether (sulfide) groups is 1. The number of hydrogen-bond acceptors (Lipinski definition) is 5. The van der Waals surface area contributed by atoms with Crippen LogP contribution in [-0.4, -0.2) is 30.3 Å². The number of carbonyl (C=O) groups is 1. The van der Waals surface area contributed by atoms with Gasteiger partial charge in [-0.25, -0.2) is 4.57 Å². The zero-order valence-electron chi connectivity index (χ0n) is 20.6. The molecule has 3 aromatic carbocycles. The molecule has 2 heterocycles. The Morgan fingerprint density at radius 3 is 2.39 bits per heavy atom. The maximum Gasteiger partial charge on any atom is 0.267 e. The topological polar surface area (TPSA) is 81.3 Å². The average molecular weight is 498 g/mol. The average Bonchev–Trinajstić information content (AvgIpc) is 3.29. The predicted octanol–water partition coefficient (Wildman–Crippen LogP) is 5.58. The van der Waals surface area contributed by atoms with Crippen molar-refractivity contribution in [2.75, 3.05) is 5.32 Å². The lowest BCUT2D eigenvalue weighted by Crippen LogP contribution is -2.24. The van der Waals surface area contributed by atoms with Gasteiger partial charge in [0.1, 0.15) is 0 Å². The minimum Gasteiger partial charge on any atom is -0.325 e. The van der Waals surface area contributed by atoms with Crippen molar-refractivity contribution in [1.29, 1.82) is 0 Å². The summed E-state index contributed by atoms with van der Waals surface area (Å²) in [6, 6.07) is 23.0. The number of benzene rings is 3. The standard InChI is InChI=1S/C28H27N5O2S/c1-17(2)20-12-6-9-15-23(20)32-26(35)21-13-7-10-16-24(21)33-27(32)30-31-28(33)36-19(4)25(34)29-22-14-8-5-11-18(22)3/h5-17,19H,1-4H3,(H,29,34). The van der Waals surface area contributed by atoms with Gasteiger partial charge in [0.15, 0.2) is 5.16 Å². The number of hydrogen-bond donors (Lipinski definition) is 1. The fraction of sp³-hybridized carbons (Fsp3) is 0.214. The first-order valence-corrected chi connectivity index (χ1v) is 12.8. The Bertz CT molecular complexity index is 1650. The summed E-state index contributed by atoms with van der Waals surface area (Å²) in [6.45, 7) is 8.00. The van der Waals surface area contributed by atoms with E-state index in [0.29, 0.717) is 21.8 Å². The largest absolute Gasteiger partial charge is 0.325 e. The molecule has 2 aromatic heterocycles. The van der Waals surface area contributed by atoms with Crippen molar-refractivity contribution < 1.29 is 4.79 Å². The summed E-state index contributed by atoms with van der Waals surface area (Å²) in [6.07, 6.45) is 0. The fourth-order valence-corrected chi connectivity index (χ4v) is 5.17. The number of aryl methyl sites for hydroxylation is 1. The highest BCUT2D eigenvalue weighted by molar-refractivity contribution is 8.00. The second-order valence-corrected chi connectivity index (χ2v) is 10.4. The summed E-state index contributed by atoms with van der Waals surface area (Å²) in [5, 5.41) is 12.5. The molecule has 1 unspecified atom stereocenters. The Morgan fingerprint density at radius 2 is 1.61 bits per heavy atom. The van der Waals surface area contributed by atoms with Gasteiger partial charge in [-0.3, -0.25) is 14.0 Å². The lowest BCUT2D eigenvalue weighted by Gasteiger charge is -2.17. The first-order valence-electron chi connectivity index (χ1n) is 11.9. The molecule has 0 spiro atoms. The molecule has 182 valence electrons. The summed E-state index contributed by atoms with van der Waals surface area (Å²) < 4.78 is 3.50. The molecule has 0 saturated carbocycles. The van der Waals surface area contributed by atoms with Gasteiger partial charge in [0.25, 0.3) is 5.56 Å². The van der Waals surface area contributed by atoms with E-state index in [9.17, 15) is 9.59 Å². The molecule has 0 aliphatic carbocycles. The van der Waals surface area contributed by atoms with Crippen LogP contribution in [0.3, 0.4) is 0 Å². The highest BCUT2D eigenvalue weighted by Crippen LogP contribution is 2.29. The fourth-order valence-electron chi connectivity index (χ4n) is 4.31. The van der Waals surface area contributed by atoms with E-state index in [1.54, 1.807) is 4.57 Å². The van der Waals surface area contributed by atoms with Crippen molar-refractivity contribution in [2.45, 2.75) is 44.0 Å². The van der Waals surface area contributed by atoms with E-state index in [4.69, 9.17) is 0 Å². The van der Waals surface area contributed by atoms with Crippen LogP contribution in [0.5, 0.6) is 0 Å². The van der Waals surface area contributed by atoms with Gasteiger partial charge in [0.2, 0.25) is 11.7 Å². The summed E-state index contributed by atoms with van der Waals surface area (Å²) >= 11 is 1.31. The molecule has 7 nitrogen and oxygen atoms in total. The summed E-state index contributed by atoms with van der Waals surface area (Å²) in [7, 11) is 0. The Morgan fingerprint density at radius 1 is 0.917 bits per heavy atom. The molecule has 0 fully saturated rings. The van der Waals surface area contributed by atoms with Crippen molar-refractivity contribution in [3.8, 4) is 5.69 Å². The summed E-state index contributed by atoms with van der Waals surface area (Å²) in [5.74, 6) is 0.496. The van der Waals surface area contributed by atoms with Gasteiger partial charge in [-0.15, -0.1) is 10.2 Å². The van der Waals surface area contributed by atoms with Crippen molar-refractivity contribution in [2.24, 2.45) is 0 Å². The van der Waals surface area contributed by atoms with E-state index < -0.39 is 5.25 Å². The lowest BCUT2D eigenvalue weighted by atomic mass is 10.0. The molecule has 8 heteroatoms. The third kappa shape index (κ3) is 4.18. The minimum absolute atomic E-state index is 0.131. The zero-order valence-corrected chi connectivity index (χ0v) is 21.4. The van der Waals surface area contributed by atoms with E-state index in [1.807, 2.05) is 91.0 Å². The Labute approximate surface area is 213 Å². The van der Waals surface area contributed by atoms with Crippen LogP contribution in [0.15, 0.2) is 82.7 Å². The van der Waals surface area contributed by atoms with Crippen LogP contribution in [0.25, 0.3) is 22.4 Å². The van der Waals surface area contributed by atoms with Gasteiger partial charge in [-0.2, -0.15) is 0 Å². The number of fused-ring (bicyclic) bond motifs is 3. The van der Waals surface area contributed by atoms with E-state index >= 15 is 0 Å². The highest BCUT2D eigenvalue weighted by atomic mass is 32.2. The second kappa shape index (κ2) is 9.62. The SMILES string of the molecule is Cc1ccccc1NC(=O)C(C)Sc1nnc2n(-c3ccccc3C(C)C)c(=O)c3ccccc3n12. The normalized spacial score (nSPS) is 12.4. The van der Waals surface area contributed by atoms with E-state index in [2.05, 4.69) is 29.4 Å². The summed E-state index contributed by atoms with van der Waals surface area (Å²) in [4.78, 5) is 26.7. The monoisotopic (exact) mass is 497 g/mol. The van der Waals surface area contributed by atoms with Crippen molar-refractivity contribution in [3.63, 3.8) is 0 Å². The zero-order chi connectivity index (χ0) is 25.4.